The van der Waals surface area contributed by atoms with Gasteiger partial charge in [-0.3, -0.25) is 6.08 Å². The second-order valence-electron chi connectivity index (χ2n) is 8.58. The number of halogens is 3. The van der Waals surface area contributed by atoms with Gasteiger partial charge in [0, 0.05) is 9.52 Å². The Morgan fingerprint density at radius 2 is 1.52 bits per heavy atom. The van der Waals surface area contributed by atoms with Crippen molar-refractivity contribution in [2.75, 3.05) is 0 Å². The van der Waals surface area contributed by atoms with Crippen LogP contribution in [0.15, 0.2) is 59.2 Å². The van der Waals surface area contributed by atoms with Gasteiger partial charge in [-0.25, -0.2) is 5.57 Å². The van der Waals surface area contributed by atoms with Gasteiger partial charge in [-0.15, -0.1) is 6.92 Å². The maximum atomic E-state index is 3.97. The molecule has 0 amide bonds. The third-order valence-corrected chi connectivity index (χ3v) is 8.47. The van der Waals surface area contributed by atoms with Crippen LogP contribution in [0.3, 0.4) is 0 Å². The van der Waals surface area contributed by atoms with E-state index in [1.807, 2.05) is 0 Å². The minimum absolute atomic E-state index is 0. The predicted molar refractivity (Wildman–Crippen MR) is 113 cm³/mol. The van der Waals surface area contributed by atoms with Crippen LogP contribution in [0.25, 0.3) is 0 Å². The van der Waals surface area contributed by atoms with Crippen LogP contribution in [0.4, 0.5) is 0 Å². The van der Waals surface area contributed by atoms with Crippen molar-refractivity contribution in [1.29, 1.82) is 0 Å². The quantitative estimate of drug-likeness (QED) is 0.294. The van der Waals surface area contributed by atoms with E-state index in [-0.39, 0.29) is 69.4 Å². The van der Waals surface area contributed by atoms with E-state index in [2.05, 4.69) is 90.1 Å². The largest absolute Gasteiger partial charge is 4.00 e. The molecule has 1 aromatic rings. The molecular formula is C24H31Cl3SiTi. The van der Waals surface area contributed by atoms with Crippen molar-refractivity contribution in [2.45, 2.75) is 59.4 Å². The molecule has 0 N–H and O–H groups in total. The molecule has 5 heteroatoms. The predicted octanol–water partition coefficient (Wildman–Crippen LogP) is -3.72. The van der Waals surface area contributed by atoms with Crippen LogP contribution < -0.4 is 42.4 Å². The number of hydrogen-bond acceptors (Lipinski definition) is 0. The molecule has 2 aliphatic rings. The van der Waals surface area contributed by atoms with Crippen molar-refractivity contribution in [3.05, 3.63) is 76.4 Å². The van der Waals surface area contributed by atoms with E-state index in [0.29, 0.717) is 0 Å². The van der Waals surface area contributed by atoms with Crippen LogP contribution in [0.5, 0.6) is 0 Å². The Morgan fingerprint density at radius 1 is 0.931 bits per heavy atom. The summed E-state index contributed by atoms with van der Waals surface area (Å²) in [4.78, 5) is 0. The van der Waals surface area contributed by atoms with Gasteiger partial charge in [-0.2, -0.15) is 11.1 Å². The van der Waals surface area contributed by atoms with Crippen molar-refractivity contribution < 1.29 is 58.9 Å². The summed E-state index contributed by atoms with van der Waals surface area (Å²) in [5.74, 6) is 0. The molecule has 0 spiro atoms. The third kappa shape index (κ3) is 6.99. The fourth-order valence-electron chi connectivity index (χ4n) is 4.71. The molecule has 156 valence electrons. The second kappa shape index (κ2) is 12.1. The van der Waals surface area contributed by atoms with Crippen LogP contribution in [-0.2, 0) is 21.7 Å². The van der Waals surface area contributed by atoms with E-state index >= 15 is 0 Å². The van der Waals surface area contributed by atoms with Gasteiger partial charge in [-0.05, 0) is 25.7 Å². The molecule has 1 aromatic carbocycles. The van der Waals surface area contributed by atoms with Gasteiger partial charge in [-0.1, -0.05) is 91.0 Å². The van der Waals surface area contributed by atoms with E-state index in [1.165, 1.54) is 28.7 Å². The summed E-state index contributed by atoms with van der Waals surface area (Å²) in [6, 6.07) is 7.11. The average molecular weight is 502 g/mol. The molecular weight excluding hydrogens is 471 g/mol. The summed E-state index contributed by atoms with van der Waals surface area (Å²) in [5, 5.41) is 1.73. The molecule has 0 bridgehead atoms. The maximum Gasteiger partial charge on any atom is 4.00 e. The molecule has 0 radical (unpaired) electrons. The fourth-order valence-corrected chi connectivity index (χ4v) is 7.84. The SMILES string of the molecule is CC1=[C-]C(CC2(C)C=CC=CC2)([SiH2]c2cc(C)cc(C)c2)C(C)=C1C.[Cl-].[Cl-].[Cl-].[Ti+4]. The van der Waals surface area contributed by atoms with Crippen LogP contribution in [0.1, 0.15) is 51.7 Å². The molecule has 0 saturated carbocycles. The molecule has 3 rings (SSSR count). The summed E-state index contributed by atoms with van der Waals surface area (Å²) < 4.78 is 0. The average Bonchev–Trinajstić information content (AvgIpc) is 2.70. The maximum absolute atomic E-state index is 3.97. The molecule has 0 nitrogen and oxygen atoms in total. The Labute approximate surface area is 213 Å². The van der Waals surface area contributed by atoms with Crippen LogP contribution in [0.2, 0.25) is 5.04 Å². The standard InChI is InChI=1S/C24H31Si.3ClH.Ti/c1-17-12-18(2)14-22(13-17)25-24(15-19(3)20(4)21(24)5)16-23(6)10-8-7-9-11-23;;;;/h7-10,12-14H,11,16,25H2,1-6H3;3*1H;/q-1;;;;+4/p-3. The summed E-state index contributed by atoms with van der Waals surface area (Å²) >= 11 is 0. The first kappa shape index (κ1) is 31.2. The zero-order valence-corrected chi connectivity index (χ0v) is 23.5. The zero-order chi connectivity index (χ0) is 18.2. The number of rotatable bonds is 4. The van der Waals surface area contributed by atoms with Gasteiger partial charge >= 0.3 is 21.7 Å². The number of allylic oxidation sites excluding steroid dienone is 8. The number of aryl methyl sites for hydroxylation is 2. The van der Waals surface area contributed by atoms with E-state index < -0.39 is 9.52 Å². The van der Waals surface area contributed by atoms with Crippen LogP contribution in [-0.4, -0.2) is 9.52 Å². The molecule has 2 aliphatic carbocycles. The van der Waals surface area contributed by atoms with Gasteiger partial charge in [0.2, 0.25) is 0 Å². The smallest absolute Gasteiger partial charge is 1.00 e. The minimum Gasteiger partial charge on any atom is -1.00 e. The van der Waals surface area contributed by atoms with Crippen molar-refractivity contribution in [2.24, 2.45) is 5.41 Å². The van der Waals surface area contributed by atoms with Crippen molar-refractivity contribution >= 4 is 14.7 Å². The van der Waals surface area contributed by atoms with E-state index in [0.717, 1.165) is 6.42 Å². The normalized spacial score (nSPS) is 25.1. The first-order chi connectivity index (χ1) is 11.7. The van der Waals surface area contributed by atoms with Gasteiger partial charge in [0.05, 0.1) is 0 Å². The Bertz CT molecular complexity index is 805. The van der Waals surface area contributed by atoms with Crippen molar-refractivity contribution in [3.8, 4) is 0 Å². The molecule has 2 atom stereocenters. The van der Waals surface area contributed by atoms with Gasteiger partial charge in [0.25, 0.3) is 0 Å². The third-order valence-electron chi connectivity index (χ3n) is 6.09. The number of hydrogen-bond donors (Lipinski definition) is 0. The zero-order valence-electron chi connectivity index (χ0n) is 18.3. The van der Waals surface area contributed by atoms with Crippen molar-refractivity contribution in [1.82, 2.24) is 0 Å². The van der Waals surface area contributed by atoms with Gasteiger partial charge < -0.3 is 37.2 Å². The van der Waals surface area contributed by atoms with E-state index in [9.17, 15) is 0 Å². The fraction of sp³-hybridized carbons (Fsp3) is 0.417. The monoisotopic (exact) mass is 500 g/mol. The van der Waals surface area contributed by atoms with Crippen molar-refractivity contribution in [3.63, 3.8) is 0 Å². The minimum atomic E-state index is -0.525. The molecule has 0 aliphatic heterocycles. The topological polar surface area (TPSA) is 0 Å². The molecule has 0 fully saturated rings. The molecule has 0 aromatic heterocycles. The van der Waals surface area contributed by atoms with E-state index in [1.54, 1.807) is 10.8 Å². The summed E-state index contributed by atoms with van der Waals surface area (Å²) in [5.41, 5.74) is 7.42. The Kier molecular flexibility index (Phi) is 13.0. The Morgan fingerprint density at radius 3 is 1.97 bits per heavy atom. The molecule has 2 unspecified atom stereocenters. The summed E-state index contributed by atoms with van der Waals surface area (Å²) in [6.07, 6.45) is 15.4. The Balaban J connectivity index is 0. The summed E-state index contributed by atoms with van der Waals surface area (Å²) in [6.45, 7) is 13.8. The first-order valence-corrected chi connectivity index (χ1v) is 10.9. The number of benzene rings is 1. The van der Waals surface area contributed by atoms with E-state index in [4.69, 9.17) is 0 Å². The van der Waals surface area contributed by atoms with Crippen LogP contribution in [0, 0.1) is 25.3 Å². The summed E-state index contributed by atoms with van der Waals surface area (Å²) in [7, 11) is -0.525. The van der Waals surface area contributed by atoms with Crippen LogP contribution >= 0.6 is 0 Å². The first-order valence-electron chi connectivity index (χ1n) is 9.45. The Hall–Kier alpha value is -0.0188. The molecule has 0 heterocycles. The molecule has 29 heavy (non-hydrogen) atoms. The van der Waals surface area contributed by atoms with Gasteiger partial charge in [0.15, 0.2) is 0 Å². The second-order valence-corrected chi connectivity index (χ2v) is 11.0. The molecule has 0 saturated heterocycles. The van der Waals surface area contributed by atoms with Gasteiger partial charge in [0.1, 0.15) is 0 Å².